The highest BCUT2D eigenvalue weighted by Gasteiger charge is 2.39. The van der Waals surface area contributed by atoms with Gasteiger partial charge in [-0.1, -0.05) is 29.8 Å². The zero-order valence-electron chi connectivity index (χ0n) is 15.7. The number of hydrogen-bond acceptors (Lipinski definition) is 5. The lowest BCUT2D eigenvalue weighted by Gasteiger charge is -2.25. The molecule has 3 rings (SSSR count). The van der Waals surface area contributed by atoms with Crippen molar-refractivity contribution in [1.82, 2.24) is 19.7 Å². The number of Topliss-reactive ketones (excluding diaryl/α,β-unsaturated/α-hetero) is 1. The first-order chi connectivity index (χ1) is 13.0. The average molecular weight is 391 g/mol. The van der Waals surface area contributed by atoms with Crippen molar-refractivity contribution in [2.24, 2.45) is 0 Å². The molecular weight excluding hydrogens is 371 g/mol. The lowest BCUT2D eigenvalue weighted by molar-refractivity contribution is -0.171. The highest BCUT2D eigenvalue weighted by Crippen LogP contribution is 2.35. The van der Waals surface area contributed by atoms with Gasteiger partial charge in [0, 0.05) is 12.0 Å². The third kappa shape index (κ3) is 3.69. The summed E-state index contributed by atoms with van der Waals surface area (Å²) in [6.45, 7) is 5.37. The number of nitrogens with two attached hydrogens (primary N) is 1. The Kier molecular flexibility index (Phi) is 4.86. The number of benzene rings is 1. The average Bonchev–Trinajstić information content (AvgIpc) is 3.01. The molecule has 1 aromatic carbocycles. The molecule has 0 spiro atoms. The first kappa shape index (κ1) is 19.8. The van der Waals surface area contributed by atoms with Crippen molar-refractivity contribution in [3.05, 3.63) is 36.2 Å². The number of nitrogens with zero attached hydrogens (tertiary/aromatic N) is 4. The molecular formula is C19H20F3N5O. The molecule has 2 heterocycles. The molecule has 0 amide bonds. The number of carbonyl (C=O) groups is 1. The van der Waals surface area contributed by atoms with Crippen LogP contribution in [0.3, 0.4) is 0 Å². The molecule has 0 aliphatic heterocycles. The van der Waals surface area contributed by atoms with E-state index in [4.69, 9.17) is 5.73 Å². The van der Waals surface area contributed by atoms with Crippen LogP contribution in [0.25, 0.3) is 22.3 Å². The van der Waals surface area contributed by atoms with Crippen LogP contribution < -0.4 is 5.73 Å². The van der Waals surface area contributed by atoms with E-state index in [1.807, 2.05) is 31.2 Å². The molecule has 9 heteroatoms. The molecule has 2 N–H and O–H groups in total. The monoisotopic (exact) mass is 391 g/mol. The van der Waals surface area contributed by atoms with E-state index >= 15 is 0 Å². The molecule has 2 aromatic heterocycles. The fourth-order valence-electron chi connectivity index (χ4n) is 2.98. The summed E-state index contributed by atoms with van der Waals surface area (Å²) >= 11 is 0. The highest BCUT2D eigenvalue weighted by molar-refractivity contribution is 5.98. The zero-order chi connectivity index (χ0) is 20.7. The van der Waals surface area contributed by atoms with Gasteiger partial charge in [0.05, 0.1) is 10.9 Å². The van der Waals surface area contributed by atoms with Gasteiger partial charge in [-0.3, -0.25) is 4.79 Å². The molecule has 3 aromatic rings. The van der Waals surface area contributed by atoms with Gasteiger partial charge in [-0.15, -0.1) is 0 Å². The van der Waals surface area contributed by atoms with Crippen molar-refractivity contribution in [2.45, 2.75) is 45.3 Å². The van der Waals surface area contributed by atoms with Gasteiger partial charge in [0.2, 0.25) is 5.78 Å². The minimum atomic E-state index is -4.85. The normalized spacial score (nSPS) is 12.5. The molecule has 0 unspecified atom stereocenters. The maximum Gasteiger partial charge on any atom is 0.449 e. The van der Waals surface area contributed by atoms with E-state index in [0.717, 1.165) is 11.1 Å². The third-order valence-electron chi connectivity index (χ3n) is 4.67. The number of ketones is 1. The third-order valence-corrected chi connectivity index (χ3v) is 4.67. The Morgan fingerprint density at radius 3 is 2.39 bits per heavy atom. The Hall–Kier alpha value is -2.97. The molecule has 0 saturated carbocycles. The van der Waals surface area contributed by atoms with E-state index in [1.54, 1.807) is 13.8 Å². The Balaban J connectivity index is 2.07. The summed E-state index contributed by atoms with van der Waals surface area (Å²) in [5.41, 5.74) is 7.97. The number of fused-ring (bicyclic) bond motifs is 1. The number of rotatable bonds is 5. The Morgan fingerprint density at radius 1 is 1.14 bits per heavy atom. The summed E-state index contributed by atoms with van der Waals surface area (Å²) < 4.78 is 39.3. The van der Waals surface area contributed by atoms with Crippen molar-refractivity contribution in [3.63, 3.8) is 0 Å². The second-order valence-electron chi connectivity index (χ2n) is 7.32. The van der Waals surface area contributed by atoms with E-state index in [-0.39, 0.29) is 12.2 Å². The molecule has 0 atom stereocenters. The summed E-state index contributed by atoms with van der Waals surface area (Å²) in [5, 5.41) is 5.13. The van der Waals surface area contributed by atoms with E-state index in [9.17, 15) is 18.0 Å². The number of aryl methyl sites for hydroxylation is 1. The van der Waals surface area contributed by atoms with Crippen LogP contribution in [0.5, 0.6) is 0 Å². The Labute approximate surface area is 159 Å². The molecule has 28 heavy (non-hydrogen) atoms. The molecule has 0 saturated heterocycles. The smallest absolute Gasteiger partial charge is 0.383 e. The molecule has 0 aliphatic carbocycles. The highest BCUT2D eigenvalue weighted by atomic mass is 19.4. The second kappa shape index (κ2) is 6.88. The van der Waals surface area contributed by atoms with Gasteiger partial charge in [-0.25, -0.2) is 14.6 Å². The summed E-state index contributed by atoms with van der Waals surface area (Å²) in [7, 11) is 0. The summed E-state index contributed by atoms with van der Waals surface area (Å²) in [6.07, 6.45) is -4.26. The van der Waals surface area contributed by atoms with Crippen LogP contribution in [0.1, 0.15) is 32.3 Å². The first-order valence-electron chi connectivity index (χ1n) is 8.67. The van der Waals surface area contributed by atoms with Crippen LogP contribution in [0.4, 0.5) is 19.0 Å². The minimum absolute atomic E-state index is 0.0562. The maximum atomic E-state index is 12.6. The van der Waals surface area contributed by atoms with Gasteiger partial charge in [-0.2, -0.15) is 18.3 Å². The number of nitrogen functional groups attached to an aromatic ring is 1. The number of hydrogen-bond donors (Lipinski definition) is 1. The SMILES string of the molecule is Cc1ccc(-c2nn(C(C)(C)CCC(=O)C(F)(F)F)c3ncnc(N)c23)cc1. The fourth-order valence-corrected chi connectivity index (χ4v) is 2.98. The van der Waals surface area contributed by atoms with E-state index < -0.39 is 23.9 Å². The van der Waals surface area contributed by atoms with E-state index in [2.05, 4.69) is 15.1 Å². The van der Waals surface area contributed by atoms with E-state index in [0.29, 0.717) is 16.7 Å². The van der Waals surface area contributed by atoms with Gasteiger partial charge in [0.1, 0.15) is 17.8 Å². The van der Waals surface area contributed by atoms with Gasteiger partial charge in [-0.05, 0) is 27.2 Å². The van der Waals surface area contributed by atoms with Crippen LogP contribution in [0.15, 0.2) is 30.6 Å². The molecule has 148 valence electrons. The van der Waals surface area contributed by atoms with E-state index in [1.165, 1.54) is 11.0 Å². The number of alkyl halides is 3. The Morgan fingerprint density at radius 2 is 1.79 bits per heavy atom. The predicted octanol–water partition coefficient (Wildman–Crippen LogP) is 4.03. The van der Waals surface area contributed by atoms with Gasteiger partial charge < -0.3 is 5.73 Å². The first-order valence-corrected chi connectivity index (χ1v) is 8.67. The summed E-state index contributed by atoms with van der Waals surface area (Å²) in [6, 6.07) is 7.61. The van der Waals surface area contributed by atoms with Crippen molar-refractivity contribution in [1.29, 1.82) is 0 Å². The quantitative estimate of drug-likeness (QED) is 0.710. The number of halogens is 3. The Bertz CT molecular complexity index is 1020. The van der Waals surface area contributed by atoms with Crippen molar-refractivity contribution >= 4 is 22.6 Å². The van der Waals surface area contributed by atoms with Crippen LogP contribution >= 0.6 is 0 Å². The molecule has 0 radical (unpaired) electrons. The fraction of sp³-hybridized carbons (Fsp3) is 0.368. The topological polar surface area (TPSA) is 86.7 Å². The second-order valence-corrected chi connectivity index (χ2v) is 7.32. The predicted molar refractivity (Wildman–Crippen MR) is 99.5 cm³/mol. The largest absolute Gasteiger partial charge is 0.449 e. The van der Waals surface area contributed by atoms with Crippen molar-refractivity contribution < 1.29 is 18.0 Å². The van der Waals surface area contributed by atoms with Gasteiger partial charge >= 0.3 is 6.18 Å². The molecule has 0 fully saturated rings. The standard InChI is InChI=1S/C19H20F3N5O/c1-11-4-6-12(7-5-11)15-14-16(23)24-10-25-17(14)27(26-15)18(2,3)9-8-13(28)19(20,21)22/h4-7,10H,8-9H2,1-3H3,(H2,23,24,25). The number of anilines is 1. The summed E-state index contributed by atoms with van der Waals surface area (Å²) in [4.78, 5) is 19.6. The maximum absolute atomic E-state index is 12.6. The van der Waals surface area contributed by atoms with Crippen LogP contribution in [-0.4, -0.2) is 31.7 Å². The molecule has 0 bridgehead atoms. The number of aromatic nitrogens is 4. The molecule has 0 aliphatic rings. The summed E-state index contributed by atoms with van der Waals surface area (Å²) in [5.74, 6) is -1.53. The van der Waals surface area contributed by atoms with Crippen molar-refractivity contribution in [2.75, 3.05) is 5.73 Å². The lowest BCUT2D eigenvalue weighted by Crippen LogP contribution is -2.31. The minimum Gasteiger partial charge on any atom is -0.383 e. The van der Waals surface area contributed by atoms with Gasteiger partial charge in [0.15, 0.2) is 5.65 Å². The van der Waals surface area contributed by atoms with Gasteiger partial charge in [0.25, 0.3) is 0 Å². The molecule has 6 nitrogen and oxygen atoms in total. The zero-order valence-corrected chi connectivity index (χ0v) is 15.7. The van der Waals surface area contributed by atoms with Crippen LogP contribution in [0, 0.1) is 6.92 Å². The van der Waals surface area contributed by atoms with Crippen molar-refractivity contribution in [3.8, 4) is 11.3 Å². The lowest BCUT2D eigenvalue weighted by atomic mass is 9.97. The number of carbonyl (C=O) groups excluding carboxylic acids is 1. The van der Waals surface area contributed by atoms with Crippen LogP contribution in [-0.2, 0) is 10.3 Å². The van der Waals surface area contributed by atoms with Crippen LogP contribution in [0.2, 0.25) is 0 Å².